The molecule has 0 N–H and O–H groups in total. The third-order valence-electron chi connectivity index (χ3n) is 19.4. The van der Waals surface area contributed by atoms with Crippen LogP contribution in [0.4, 0.5) is 34.4 Å². The molecular weight excluding hydrogens is 1210 g/mol. The minimum Gasteiger partial charge on any atom is -0.310 e. The predicted octanol–water partition coefficient (Wildman–Crippen LogP) is 25.3. The summed E-state index contributed by atoms with van der Waals surface area (Å²) in [7, 11) is 0. The van der Waals surface area contributed by atoms with Crippen molar-refractivity contribution in [3.05, 3.63) is 388 Å². The van der Waals surface area contributed by atoms with Crippen molar-refractivity contribution < 1.29 is 0 Å². The van der Waals surface area contributed by atoms with Crippen LogP contribution < -0.4 is 9.80 Å². The van der Waals surface area contributed by atoms with Gasteiger partial charge in [0, 0.05) is 72.5 Å². The van der Waals surface area contributed by atoms with E-state index in [2.05, 4.69) is 407 Å². The Morgan fingerprint density at radius 3 is 1.00 bits per heavy atom. The number of hydrogen-bond donors (Lipinski definition) is 0. The molecule has 15 aromatic carbocycles. The molecule has 0 fully saturated rings. The summed E-state index contributed by atoms with van der Waals surface area (Å²) in [6, 6.07) is 139. The zero-order chi connectivity index (χ0) is 66.3. The van der Waals surface area contributed by atoms with Crippen LogP contribution in [-0.2, 0) is 0 Å². The molecule has 18 rings (SSSR count). The molecule has 6 nitrogen and oxygen atoms in total. The van der Waals surface area contributed by atoms with Crippen LogP contribution in [0.1, 0.15) is 0 Å². The summed E-state index contributed by atoms with van der Waals surface area (Å²) in [6.45, 7) is 0. The molecule has 18 aromatic rings. The predicted molar refractivity (Wildman–Crippen MR) is 418 cm³/mol. The lowest BCUT2D eigenvalue weighted by Gasteiger charge is -2.27. The van der Waals surface area contributed by atoms with Crippen molar-refractivity contribution >= 4 is 78.0 Å². The number of aromatic nitrogens is 4. The molecule has 0 aliphatic rings. The highest BCUT2D eigenvalue weighted by molar-refractivity contribution is 6.12. The van der Waals surface area contributed by atoms with Crippen LogP contribution >= 0.6 is 0 Å². The third-order valence-corrected chi connectivity index (χ3v) is 19.4. The first-order chi connectivity index (χ1) is 49.6. The normalized spacial score (nSPS) is 11.4. The summed E-state index contributed by atoms with van der Waals surface area (Å²) in [5.41, 5.74) is 26.6. The SMILES string of the molecule is c1ccc(-c2ccc(N(c3ccc(-c4ccc5c(c4)c4ccccc4n5-c4ccccc4)cc3)c3cccc(-c4cc(-c5ccccc5-c5ccccc5)nc(N(c5ccc(-c6ccccc6)cc5)c5ccc(-c6ccc7c(c6)c6ccccc6n7-c6ccccc6)cc5)n4)c3)cc2)cc1. The number of nitrogens with zero attached hydrogens (tertiary/aromatic N) is 6. The zero-order valence-corrected chi connectivity index (χ0v) is 54.6. The van der Waals surface area contributed by atoms with E-state index in [1.165, 1.54) is 49.2 Å². The fourth-order valence-electron chi connectivity index (χ4n) is 14.5. The van der Waals surface area contributed by atoms with E-state index in [0.717, 1.165) is 112 Å². The Morgan fingerprint density at radius 2 is 0.530 bits per heavy atom. The molecule has 0 atom stereocenters. The third kappa shape index (κ3) is 11.0. The summed E-state index contributed by atoms with van der Waals surface area (Å²) in [5, 5.41) is 4.86. The fraction of sp³-hybridized carbons (Fsp3) is 0. The Kier molecular flexibility index (Phi) is 15.1. The standard InChI is InChI=1S/C94H64N6/c1-6-23-65(24-7-1)67-41-51-77(52-42-67)97(78-53-45-69(46-54-78)72-49-59-92-86(62-72)84-37-18-20-39-90(84)99(92)75-30-12-4-13-31-75)81-34-22-29-74(61-81)88-64-89(83-36-17-16-35-82(83)71-27-10-3-11-28-71)96-94(95-88)98(79-55-43-68(44-56-79)66-25-8-2-9-26-66)80-57-47-70(48-58-80)73-50-60-93-87(63-73)85-38-19-21-40-91(85)100(93)76-32-14-5-15-33-76/h1-64H. The first-order valence-corrected chi connectivity index (χ1v) is 34.0. The highest BCUT2D eigenvalue weighted by atomic mass is 15.3. The average Bonchev–Trinajstić information content (AvgIpc) is 1.60. The monoisotopic (exact) mass is 1280 g/mol. The first-order valence-electron chi connectivity index (χ1n) is 34.0. The second-order valence-corrected chi connectivity index (χ2v) is 25.3. The van der Waals surface area contributed by atoms with Gasteiger partial charge in [-0.2, -0.15) is 0 Å². The van der Waals surface area contributed by atoms with Crippen molar-refractivity contribution in [2.24, 2.45) is 0 Å². The molecule has 0 bridgehead atoms. The van der Waals surface area contributed by atoms with Crippen molar-refractivity contribution in [1.82, 2.24) is 19.1 Å². The second kappa shape index (κ2) is 25.6. The summed E-state index contributed by atoms with van der Waals surface area (Å²) >= 11 is 0. The van der Waals surface area contributed by atoms with Gasteiger partial charge in [-0.15, -0.1) is 0 Å². The van der Waals surface area contributed by atoms with Gasteiger partial charge in [-0.05, 0) is 183 Å². The molecule has 0 saturated carbocycles. The topological polar surface area (TPSA) is 42.1 Å². The lowest BCUT2D eigenvalue weighted by atomic mass is 9.96. The summed E-state index contributed by atoms with van der Waals surface area (Å²) in [6.07, 6.45) is 0. The molecular formula is C94H64N6. The van der Waals surface area contributed by atoms with Crippen molar-refractivity contribution in [3.63, 3.8) is 0 Å². The average molecular weight is 1280 g/mol. The van der Waals surface area contributed by atoms with E-state index in [9.17, 15) is 0 Å². The second-order valence-electron chi connectivity index (χ2n) is 25.3. The van der Waals surface area contributed by atoms with Gasteiger partial charge in [-0.1, -0.05) is 261 Å². The van der Waals surface area contributed by atoms with Gasteiger partial charge in [-0.3, -0.25) is 4.90 Å². The molecule has 0 radical (unpaired) electrons. The molecule has 0 saturated heterocycles. The van der Waals surface area contributed by atoms with Gasteiger partial charge in [0.25, 0.3) is 0 Å². The van der Waals surface area contributed by atoms with Gasteiger partial charge in [0.2, 0.25) is 5.95 Å². The van der Waals surface area contributed by atoms with E-state index in [0.29, 0.717) is 5.95 Å². The number of rotatable bonds is 15. The van der Waals surface area contributed by atoms with E-state index < -0.39 is 0 Å². The van der Waals surface area contributed by atoms with Crippen LogP contribution in [0.5, 0.6) is 0 Å². The van der Waals surface area contributed by atoms with Crippen molar-refractivity contribution in [3.8, 4) is 89.5 Å². The van der Waals surface area contributed by atoms with Gasteiger partial charge in [-0.25, -0.2) is 9.97 Å². The quantitative estimate of drug-likeness (QED) is 0.103. The summed E-state index contributed by atoms with van der Waals surface area (Å²) in [4.78, 5) is 16.0. The fourth-order valence-corrected chi connectivity index (χ4v) is 14.5. The molecule has 3 heterocycles. The van der Waals surface area contributed by atoms with Crippen LogP contribution in [0.15, 0.2) is 388 Å². The number of hydrogen-bond acceptors (Lipinski definition) is 4. The highest BCUT2D eigenvalue weighted by Crippen LogP contribution is 2.44. The van der Waals surface area contributed by atoms with Crippen LogP contribution in [0.3, 0.4) is 0 Å². The van der Waals surface area contributed by atoms with E-state index in [1.54, 1.807) is 0 Å². The van der Waals surface area contributed by atoms with E-state index in [1.807, 2.05) is 0 Å². The minimum absolute atomic E-state index is 0.530. The molecule has 0 aliphatic carbocycles. The maximum Gasteiger partial charge on any atom is 0.235 e. The first kappa shape index (κ1) is 59.1. The Hall–Kier alpha value is -13.4. The van der Waals surface area contributed by atoms with Crippen LogP contribution in [0.2, 0.25) is 0 Å². The van der Waals surface area contributed by atoms with Crippen LogP contribution in [0, 0.1) is 0 Å². The molecule has 0 spiro atoms. The van der Waals surface area contributed by atoms with Gasteiger partial charge in [0.1, 0.15) is 0 Å². The number of para-hydroxylation sites is 4. The zero-order valence-electron chi connectivity index (χ0n) is 54.6. The molecule has 0 aliphatic heterocycles. The van der Waals surface area contributed by atoms with Gasteiger partial charge in [0.15, 0.2) is 0 Å². The van der Waals surface area contributed by atoms with Crippen molar-refractivity contribution in [2.45, 2.75) is 0 Å². The Bertz CT molecular complexity index is 5970. The summed E-state index contributed by atoms with van der Waals surface area (Å²) < 4.78 is 4.73. The maximum atomic E-state index is 5.72. The summed E-state index contributed by atoms with van der Waals surface area (Å²) in [5.74, 6) is 0.530. The Labute approximate surface area is 581 Å². The smallest absolute Gasteiger partial charge is 0.235 e. The molecule has 0 unspecified atom stereocenters. The largest absolute Gasteiger partial charge is 0.310 e. The molecule has 6 heteroatoms. The molecule has 470 valence electrons. The van der Waals surface area contributed by atoms with Crippen molar-refractivity contribution in [2.75, 3.05) is 9.80 Å². The highest BCUT2D eigenvalue weighted by Gasteiger charge is 2.23. The Balaban J connectivity index is 0.775. The minimum atomic E-state index is 0.530. The lowest BCUT2D eigenvalue weighted by Crippen LogP contribution is -2.14. The van der Waals surface area contributed by atoms with E-state index >= 15 is 0 Å². The number of benzene rings is 15. The van der Waals surface area contributed by atoms with Gasteiger partial charge < -0.3 is 14.0 Å². The molecule has 3 aromatic heterocycles. The van der Waals surface area contributed by atoms with Crippen LogP contribution in [-0.4, -0.2) is 19.1 Å². The van der Waals surface area contributed by atoms with Gasteiger partial charge in [0.05, 0.1) is 33.5 Å². The molecule has 100 heavy (non-hydrogen) atoms. The lowest BCUT2D eigenvalue weighted by molar-refractivity contribution is 1.09. The molecule has 0 amide bonds. The van der Waals surface area contributed by atoms with E-state index in [4.69, 9.17) is 9.97 Å². The number of fused-ring (bicyclic) bond motifs is 6. The number of anilines is 6. The maximum absolute atomic E-state index is 5.72. The van der Waals surface area contributed by atoms with E-state index in [-0.39, 0.29) is 0 Å². The van der Waals surface area contributed by atoms with Crippen LogP contribution in [0.25, 0.3) is 133 Å². The van der Waals surface area contributed by atoms with Crippen molar-refractivity contribution in [1.29, 1.82) is 0 Å². The Morgan fingerprint density at radius 1 is 0.190 bits per heavy atom. The van der Waals surface area contributed by atoms with Gasteiger partial charge >= 0.3 is 0 Å².